The average Bonchev–Trinajstić information content (AvgIpc) is 2.00. The van der Waals surface area contributed by atoms with Gasteiger partial charge in [-0.2, -0.15) is 13.2 Å². The third-order valence-corrected chi connectivity index (χ3v) is 1.74. The lowest BCUT2D eigenvalue weighted by atomic mass is 10.0. The number of ketones is 1. The number of hydrogen-bond acceptors (Lipinski definition) is 2. The zero-order chi connectivity index (χ0) is 11.6. The minimum absolute atomic E-state index is 0.453. The fourth-order valence-electron chi connectivity index (χ4n) is 0.591. The molecule has 0 aromatic rings. The molecule has 0 aromatic carbocycles. The van der Waals surface area contributed by atoms with Crippen molar-refractivity contribution in [1.82, 2.24) is 5.32 Å². The second kappa shape index (κ2) is 4.16. The Morgan fingerprint density at radius 3 is 2.00 bits per heavy atom. The first-order chi connectivity index (χ1) is 6.11. The molecule has 0 atom stereocenters. The van der Waals surface area contributed by atoms with E-state index in [-0.39, 0.29) is 0 Å². The van der Waals surface area contributed by atoms with Gasteiger partial charge in [0.25, 0.3) is 0 Å². The van der Waals surface area contributed by atoms with Gasteiger partial charge in [0.2, 0.25) is 0 Å². The monoisotopic (exact) mass is 231 g/mol. The summed E-state index contributed by atoms with van der Waals surface area (Å²) in [4.78, 5) is 21.5. The van der Waals surface area contributed by atoms with Crippen LogP contribution in [0.2, 0.25) is 0 Å². The molecule has 0 spiro atoms. The van der Waals surface area contributed by atoms with Crippen LogP contribution in [0.3, 0.4) is 0 Å². The van der Waals surface area contributed by atoms with Gasteiger partial charge in [-0.3, -0.25) is 9.59 Å². The first-order valence-corrected chi connectivity index (χ1v) is 4.13. The second-order valence-corrected chi connectivity index (χ2v) is 3.40. The summed E-state index contributed by atoms with van der Waals surface area (Å²) < 4.78 is 35.4. The van der Waals surface area contributed by atoms with Crippen LogP contribution < -0.4 is 5.32 Å². The number of halogens is 4. The van der Waals surface area contributed by atoms with Gasteiger partial charge in [0.05, 0.1) is 11.4 Å². The Bertz CT molecular complexity index is 250. The van der Waals surface area contributed by atoms with Crippen LogP contribution in [0, 0.1) is 0 Å². The zero-order valence-corrected chi connectivity index (χ0v) is 8.29. The van der Waals surface area contributed by atoms with E-state index in [9.17, 15) is 22.8 Å². The third kappa shape index (κ3) is 3.53. The first kappa shape index (κ1) is 13.2. The third-order valence-electron chi connectivity index (χ3n) is 1.50. The van der Waals surface area contributed by atoms with Crippen molar-refractivity contribution >= 4 is 23.3 Å². The molecule has 0 bridgehead atoms. The second-order valence-electron chi connectivity index (χ2n) is 3.13. The van der Waals surface area contributed by atoms with Crippen molar-refractivity contribution in [1.29, 1.82) is 0 Å². The fourth-order valence-corrected chi connectivity index (χ4v) is 0.926. The Hall–Kier alpha value is -0.780. The van der Waals surface area contributed by atoms with Crippen molar-refractivity contribution in [2.24, 2.45) is 0 Å². The largest absolute Gasteiger partial charge is 0.471 e. The quantitative estimate of drug-likeness (QED) is 0.743. The molecule has 0 radical (unpaired) electrons. The molecule has 0 fully saturated rings. The van der Waals surface area contributed by atoms with Gasteiger partial charge in [0, 0.05) is 0 Å². The number of carbonyl (C=O) groups is 2. The van der Waals surface area contributed by atoms with E-state index in [2.05, 4.69) is 0 Å². The molecule has 7 heteroatoms. The number of Topliss-reactive ketones (excluding diaryl/α,β-unsaturated/α-hetero) is 1. The van der Waals surface area contributed by atoms with Crippen LogP contribution in [-0.4, -0.2) is 29.3 Å². The summed E-state index contributed by atoms with van der Waals surface area (Å²) in [6.07, 6.45) is -5.00. The molecule has 3 nitrogen and oxygen atoms in total. The lowest BCUT2D eigenvalue weighted by Crippen LogP contribution is -2.54. The summed E-state index contributed by atoms with van der Waals surface area (Å²) in [6.45, 7) is 2.31. The van der Waals surface area contributed by atoms with Crippen molar-refractivity contribution in [3.63, 3.8) is 0 Å². The standard InChI is InChI=1S/C7H9ClF3NO2/c1-6(2,4(13)3-8)12-5(14)7(9,10)11/h3H2,1-2H3,(H,12,14). The Balaban J connectivity index is 4.53. The van der Waals surface area contributed by atoms with E-state index in [1.54, 1.807) is 5.32 Å². The molecule has 0 aromatic heterocycles. The maximum Gasteiger partial charge on any atom is 0.471 e. The number of rotatable bonds is 3. The number of alkyl halides is 4. The summed E-state index contributed by atoms with van der Waals surface area (Å²) in [5.41, 5.74) is -1.60. The summed E-state index contributed by atoms with van der Waals surface area (Å²) in [5, 5.41) is 1.55. The number of hydrogen-bond donors (Lipinski definition) is 1. The summed E-state index contributed by atoms with van der Waals surface area (Å²) >= 11 is 5.15. The SMILES string of the molecule is CC(C)(NC(=O)C(F)(F)F)C(=O)CCl. The van der Waals surface area contributed by atoms with Crippen molar-refractivity contribution in [3.8, 4) is 0 Å². The van der Waals surface area contributed by atoms with E-state index in [4.69, 9.17) is 11.6 Å². The van der Waals surface area contributed by atoms with Crippen molar-refractivity contribution < 1.29 is 22.8 Å². The van der Waals surface area contributed by atoms with E-state index >= 15 is 0 Å². The van der Waals surface area contributed by atoms with Crippen molar-refractivity contribution in [2.45, 2.75) is 25.6 Å². The van der Waals surface area contributed by atoms with Crippen molar-refractivity contribution in [2.75, 3.05) is 5.88 Å². The normalized spacial score (nSPS) is 12.4. The van der Waals surface area contributed by atoms with E-state index in [0.29, 0.717) is 0 Å². The molecule has 82 valence electrons. The molecule has 0 aliphatic carbocycles. The molecule has 0 rings (SSSR count). The predicted octanol–water partition coefficient (Wildman–Crippen LogP) is 1.25. The molecule has 1 amide bonds. The van der Waals surface area contributed by atoms with Gasteiger partial charge in [-0.05, 0) is 13.8 Å². The Labute approximate surface area is 83.6 Å². The summed E-state index contributed by atoms with van der Waals surface area (Å²) in [6, 6.07) is 0. The van der Waals surface area contributed by atoms with Gasteiger partial charge in [-0.15, -0.1) is 11.6 Å². The Morgan fingerprint density at radius 2 is 1.71 bits per heavy atom. The average molecular weight is 232 g/mol. The van der Waals surface area contributed by atoms with Gasteiger partial charge in [0.1, 0.15) is 0 Å². The van der Waals surface area contributed by atoms with Crippen LogP contribution in [0.1, 0.15) is 13.8 Å². The number of carbonyl (C=O) groups excluding carboxylic acids is 2. The van der Waals surface area contributed by atoms with Crippen LogP contribution in [0.25, 0.3) is 0 Å². The minimum atomic E-state index is -5.00. The lowest BCUT2D eigenvalue weighted by molar-refractivity contribution is -0.175. The van der Waals surface area contributed by atoms with Crippen LogP contribution in [0.15, 0.2) is 0 Å². The number of nitrogens with one attached hydrogen (secondary N) is 1. The van der Waals surface area contributed by atoms with Crippen LogP contribution in [0.4, 0.5) is 13.2 Å². The first-order valence-electron chi connectivity index (χ1n) is 3.60. The van der Waals surface area contributed by atoms with E-state index in [0.717, 1.165) is 13.8 Å². The van der Waals surface area contributed by atoms with Crippen LogP contribution in [-0.2, 0) is 9.59 Å². The molecule has 1 N–H and O–H groups in total. The highest BCUT2D eigenvalue weighted by Crippen LogP contribution is 2.17. The number of amides is 1. The highest BCUT2D eigenvalue weighted by Gasteiger charge is 2.42. The summed E-state index contributed by atoms with van der Waals surface area (Å²) in [5.74, 6) is -3.29. The molecular formula is C7H9ClF3NO2. The van der Waals surface area contributed by atoms with Crippen LogP contribution >= 0.6 is 11.6 Å². The Morgan fingerprint density at radius 1 is 1.29 bits per heavy atom. The molecule has 0 saturated heterocycles. The molecule has 14 heavy (non-hydrogen) atoms. The van der Waals surface area contributed by atoms with E-state index in [1.807, 2.05) is 0 Å². The minimum Gasteiger partial charge on any atom is -0.336 e. The van der Waals surface area contributed by atoms with Gasteiger partial charge < -0.3 is 5.32 Å². The highest BCUT2D eigenvalue weighted by atomic mass is 35.5. The Kier molecular flexibility index (Phi) is 3.93. The van der Waals surface area contributed by atoms with E-state index in [1.165, 1.54) is 0 Å². The maximum absolute atomic E-state index is 11.8. The lowest BCUT2D eigenvalue weighted by Gasteiger charge is -2.24. The maximum atomic E-state index is 11.8. The zero-order valence-electron chi connectivity index (χ0n) is 7.54. The van der Waals surface area contributed by atoms with Crippen molar-refractivity contribution in [3.05, 3.63) is 0 Å². The molecule has 0 aliphatic heterocycles. The van der Waals surface area contributed by atoms with Gasteiger partial charge in [-0.25, -0.2) is 0 Å². The van der Waals surface area contributed by atoms with Gasteiger partial charge >= 0.3 is 12.1 Å². The topological polar surface area (TPSA) is 46.2 Å². The highest BCUT2D eigenvalue weighted by molar-refractivity contribution is 6.29. The fraction of sp³-hybridized carbons (Fsp3) is 0.714. The molecular weight excluding hydrogens is 223 g/mol. The molecule has 0 saturated carbocycles. The predicted molar refractivity (Wildman–Crippen MR) is 44.0 cm³/mol. The van der Waals surface area contributed by atoms with Gasteiger partial charge in [-0.1, -0.05) is 0 Å². The summed E-state index contributed by atoms with van der Waals surface area (Å²) in [7, 11) is 0. The van der Waals surface area contributed by atoms with E-state index < -0.39 is 29.3 Å². The van der Waals surface area contributed by atoms with Gasteiger partial charge in [0.15, 0.2) is 5.78 Å². The molecule has 0 aliphatic rings. The molecule has 0 heterocycles. The smallest absolute Gasteiger partial charge is 0.336 e. The van der Waals surface area contributed by atoms with Crippen LogP contribution in [0.5, 0.6) is 0 Å². The molecule has 0 unspecified atom stereocenters.